The van der Waals surface area contributed by atoms with Gasteiger partial charge in [0.1, 0.15) is 23.4 Å². The Balaban J connectivity index is 1.88. The molecule has 0 amide bonds. The van der Waals surface area contributed by atoms with Crippen LogP contribution in [0.5, 0.6) is 11.5 Å². The monoisotopic (exact) mass is 503 g/mol. The number of benzene rings is 1. The molecule has 1 aromatic carbocycles. The first-order valence-corrected chi connectivity index (χ1v) is 10.3. The molecule has 0 saturated carbocycles. The number of hydrogen-bond donors (Lipinski definition) is 1. The van der Waals surface area contributed by atoms with Crippen LogP contribution in [0.3, 0.4) is 0 Å². The number of pyridine rings is 1. The molecule has 1 fully saturated rings. The van der Waals surface area contributed by atoms with Gasteiger partial charge in [0.25, 0.3) is 5.56 Å². The number of hydrogen-bond acceptors (Lipinski definition) is 6. The van der Waals surface area contributed by atoms with E-state index in [0.717, 1.165) is 26.2 Å². The van der Waals surface area contributed by atoms with Crippen LogP contribution in [-0.4, -0.2) is 40.2 Å². The van der Waals surface area contributed by atoms with Gasteiger partial charge in [0.05, 0.1) is 18.0 Å². The second kappa shape index (κ2) is 8.40. The Labute approximate surface area is 194 Å². The highest BCUT2D eigenvalue weighted by Gasteiger charge is 2.65. The average Bonchev–Trinajstić information content (AvgIpc) is 3.04. The zero-order valence-corrected chi connectivity index (χ0v) is 18.5. The summed E-state index contributed by atoms with van der Waals surface area (Å²) in [7, 11) is 1.16. The predicted octanol–water partition coefficient (Wildman–Crippen LogP) is 5.04. The molecule has 0 spiro atoms. The zero-order valence-electron chi connectivity index (χ0n) is 18.5. The molecule has 1 saturated heterocycles. The molecule has 1 aliphatic heterocycles. The maximum absolute atomic E-state index is 14.1. The van der Waals surface area contributed by atoms with E-state index in [0.29, 0.717) is 0 Å². The maximum atomic E-state index is 14.1. The van der Waals surface area contributed by atoms with E-state index < -0.39 is 47.4 Å². The van der Waals surface area contributed by atoms with E-state index in [4.69, 9.17) is 9.47 Å². The van der Waals surface area contributed by atoms with E-state index in [1.165, 1.54) is 31.5 Å². The largest absolute Gasteiger partial charge is 0.573 e. The van der Waals surface area contributed by atoms with Crippen LogP contribution < -0.4 is 15.0 Å². The van der Waals surface area contributed by atoms with Gasteiger partial charge in [0.2, 0.25) is 0 Å². The number of methoxy groups -OCH3 is 1. The Morgan fingerprint density at radius 3 is 2.49 bits per heavy atom. The molecule has 0 aliphatic carbocycles. The lowest BCUT2D eigenvalue weighted by atomic mass is 9.77. The van der Waals surface area contributed by atoms with E-state index >= 15 is 0 Å². The van der Waals surface area contributed by atoms with Gasteiger partial charge in [-0.1, -0.05) is 13.0 Å². The summed E-state index contributed by atoms with van der Waals surface area (Å²) in [5.74, 6) is -3.29. The first kappa shape index (κ1) is 24.8. The van der Waals surface area contributed by atoms with Crippen molar-refractivity contribution in [3.05, 3.63) is 58.4 Å². The highest BCUT2D eigenvalue weighted by molar-refractivity contribution is 5.75. The number of nitrogens with zero attached hydrogens (tertiary/aromatic N) is 2. The second-order valence-electron chi connectivity index (χ2n) is 8.25. The van der Waals surface area contributed by atoms with Gasteiger partial charge in [0.15, 0.2) is 5.60 Å². The number of aromatic amines is 1. The summed E-state index contributed by atoms with van der Waals surface area (Å²) in [6, 6.07) is 4.51. The fraction of sp³-hybridized carbons (Fsp3) is 0.409. The third-order valence-electron chi connectivity index (χ3n) is 6.26. The molecule has 2 aromatic heterocycles. The van der Waals surface area contributed by atoms with E-state index in [2.05, 4.69) is 19.7 Å². The van der Waals surface area contributed by atoms with Crippen molar-refractivity contribution in [1.29, 1.82) is 0 Å². The first-order valence-electron chi connectivity index (χ1n) is 10.3. The molecule has 0 unspecified atom stereocenters. The lowest BCUT2D eigenvalue weighted by Crippen LogP contribution is -2.46. The first-order chi connectivity index (χ1) is 16.2. The number of ether oxygens (including phenoxy) is 3. The summed E-state index contributed by atoms with van der Waals surface area (Å²) in [5.41, 5.74) is -2.98. The number of fused-ring (bicyclic) bond motifs is 1. The molecule has 1 N–H and O–H groups in total. The molecular formula is C22H19F6N3O4. The van der Waals surface area contributed by atoms with Crippen molar-refractivity contribution < 1.29 is 40.6 Å². The Kier molecular flexibility index (Phi) is 5.94. The molecule has 13 heteroatoms. The van der Waals surface area contributed by atoms with Crippen LogP contribution in [0.2, 0.25) is 0 Å². The summed E-state index contributed by atoms with van der Waals surface area (Å²) in [4.78, 5) is 23.2. The van der Waals surface area contributed by atoms with Crippen molar-refractivity contribution in [2.75, 3.05) is 7.11 Å². The van der Waals surface area contributed by atoms with E-state index in [-0.39, 0.29) is 28.0 Å². The Bertz CT molecular complexity index is 1310. The molecule has 3 aromatic rings. The van der Waals surface area contributed by atoms with Gasteiger partial charge in [-0.05, 0) is 19.1 Å². The van der Waals surface area contributed by atoms with Crippen molar-refractivity contribution in [2.24, 2.45) is 5.92 Å². The smallest absolute Gasteiger partial charge is 0.496 e. The van der Waals surface area contributed by atoms with Gasteiger partial charge in [-0.15, -0.1) is 13.2 Å². The number of nitrogens with one attached hydrogen (secondary N) is 1. The van der Waals surface area contributed by atoms with Crippen molar-refractivity contribution in [2.45, 2.75) is 44.0 Å². The quantitative estimate of drug-likeness (QED) is 0.503. The average molecular weight is 503 g/mol. The topological polar surface area (TPSA) is 86.3 Å². The van der Waals surface area contributed by atoms with E-state index in [1.54, 1.807) is 0 Å². The van der Waals surface area contributed by atoms with Gasteiger partial charge in [-0.25, -0.2) is 4.98 Å². The highest BCUT2D eigenvalue weighted by Crippen LogP contribution is 2.59. The van der Waals surface area contributed by atoms with Crippen LogP contribution in [-0.2, 0) is 4.74 Å². The van der Waals surface area contributed by atoms with Gasteiger partial charge in [0, 0.05) is 35.9 Å². The van der Waals surface area contributed by atoms with Crippen LogP contribution in [0.4, 0.5) is 26.3 Å². The van der Waals surface area contributed by atoms with Crippen molar-refractivity contribution in [3.63, 3.8) is 0 Å². The Hall–Kier alpha value is -3.35. The summed E-state index contributed by atoms with van der Waals surface area (Å²) in [6.45, 7) is 2.18. The Morgan fingerprint density at radius 1 is 1.14 bits per heavy atom. The highest BCUT2D eigenvalue weighted by atomic mass is 19.4. The summed E-state index contributed by atoms with van der Waals surface area (Å²) >= 11 is 0. The third-order valence-corrected chi connectivity index (χ3v) is 6.26. The molecule has 3 heterocycles. The predicted molar refractivity (Wildman–Crippen MR) is 110 cm³/mol. The van der Waals surface area contributed by atoms with Crippen molar-refractivity contribution >= 4 is 10.9 Å². The Morgan fingerprint density at radius 2 is 1.86 bits per heavy atom. The van der Waals surface area contributed by atoms with Gasteiger partial charge in [-0.2, -0.15) is 13.2 Å². The number of H-pyrrole nitrogens is 1. The fourth-order valence-electron chi connectivity index (χ4n) is 4.33. The van der Waals surface area contributed by atoms with Gasteiger partial charge in [-0.3, -0.25) is 9.78 Å². The minimum absolute atomic E-state index is 0.128. The SMILES string of the molecule is COc1cc(OC(F)(F)F)ccc1[C@H]1[C@H](c2nc3ccncc3c(=O)[nH]2)O[C@@](C)(C(F)(F)F)[C@H]1C. The van der Waals surface area contributed by atoms with Crippen LogP contribution in [0.25, 0.3) is 10.9 Å². The number of alkyl halides is 6. The summed E-state index contributed by atoms with van der Waals surface area (Å²) in [6.07, 6.45) is -8.56. The van der Waals surface area contributed by atoms with E-state index in [9.17, 15) is 31.1 Å². The summed E-state index contributed by atoms with van der Waals surface area (Å²) in [5, 5.41) is 0.128. The van der Waals surface area contributed by atoms with E-state index in [1.807, 2.05) is 0 Å². The van der Waals surface area contributed by atoms with Crippen LogP contribution in [0.1, 0.15) is 37.3 Å². The molecule has 4 atom stereocenters. The number of aromatic nitrogens is 3. The summed E-state index contributed by atoms with van der Waals surface area (Å²) < 4.78 is 95.1. The maximum Gasteiger partial charge on any atom is 0.573 e. The molecule has 1 aliphatic rings. The van der Waals surface area contributed by atoms with Gasteiger partial charge >= 0.3 is 12.5 Å². The lowest BCUT2D eigenvalue weighted by Gasteiger charge is -2.32. The van der Waals surface area contributed by atoms with Crippen LogP contribution in [0, 0.1) is 5.92 Å². The molecule has 4 rings (SSSR count). The second-order valence-corrected chi connectivity index (χ2v) is 8.25. The van der Waals surface area contributed by atoms with Crippen LogP contribution >= 0.6 is 0 Å². The zero-order chi connectivity index (χ0) is 25.8. The molecule has 188 valence electrons. The minimum Gasteiger partial charge on any atom is -0.496 e. The van der Waals surface area contributed by atoms with Crippen molar-refractivity contribution in [3.8, 4) is 11.5 Å². The minimum atomic E-state index is -4.98. The molecular weight excluding hydrogens is 484 g/mol. The number of halogens is 6. The molecule has 7 nitrogen and oxygen atoms in total. The number of rotatable bonds is 4. The molecule has 0 bridgehead atoms. The normalized spacial score (nSPS) is 25.1. The molecule has 0 radical (unpaired) electrons. The fourth-order valence-corrected chi connectivity index (χ4v) is 4.33. The third kappa shape index (κ3) is 4.40. The van der Waals surface area contributed by atoms with Crippen LogP contribution in [0.15, 0.2) is 41.5 Å². The lowest BCUT2D eigenvalue weighted by molar-refractivity contribution is -0.275. The van der Waals surface area contributed by atoms with Gasteiger partial charge < -0.3 is 19.2 Å². The molecule has 35 heavy (non-hydrogen) atoms. The van der Waals surface area contributed by atoms with Crippen molar-refractivity contribution in [1.82, 2.24) is 15.0 Å². The standard InChI is InChI=1S/C22H19F6N3O4/c1-10-16(12-5-4-11(8-15(12)33-3)34-22(26,27)28)17(35-20(10,2)21(23,24)25)18-30-14-6-7-29-9-13(14)19(32)31-18/h4-10,16-17H,1-3H3,(H,30,31,32)/t10-,16-,17+,20+/m0/s1.